The van der Waals surface area contributed by atoms with E-state index < -0.39 is 52.8 Å². The molecule has 9 nitrogen and oxygen atoms in total. The maximum atomic E-state index is 11.8. The molecule has 0 saturated carbocycles. The topological polar surface area (TPSA) is 117 Å². The van der Waals surface area contributed by atoms with Crippen LogP contribution < -0.4 is 5.32 Å². The van der Waals surface area contributed by atoms with E-state index in [9.17, 15) is 19.2 Å². The lowest BCUT2D eigenvalue weighted by Crippen LogP contribution is -2.60. The van der Waals surface area contributed by atoms with E-state index in [1.54, 1.807) is 0 Å². The van der Waals surface area contributed by atoms with Gasteiger partial charge in [0.25, 0.3) is 0 Å². The van der Waals surface area contributed by atoms with E-state index in [-0.39, 0.29) is 6.61 Å². The summed E-state index contributed by atoms with van der Waals surface area (Å²) in [4.78, 5) is 46.7. The quantitative estimate of drug-likeness (QED) is 0.498. The van der Waals surface area contributed by atoms with Gasteiger partial charge in [-0.05, 0) is 12.1 Å². The highest BCUT2D eigenvalue weighted by atomic mass is 32.2. The molecule has 0 unspecified atom stereocenters. The van der Waals surface area contributed by atoms with Gasteiger partial charge in [0.05, 0.1) is 5.25 Å². The SMILES string of the molecule is CC(=O)OC[C@H]1S[C@H](Nc2ccccc2)[C@H](OC(C)=O)[C@@H](OC(C)=O)[C@@H]1OC(C)=O. The minimum Gasteiger partial charge on any atom is -0.465 e. The van der Waals surface area contributed by atoms with Crippen molar-refractivity contribution in [2.45, 2.75) is 56.6 Å². The van der Waals surface area contributed by atoms with Crippen LogP contribution in [0.1, 0.15) is 27.7 Å². The molecule has 1 aromatic carbocycles. The minimum absolute atomic E-state index is 0.0878. The Morgan fingerprint density at radius 2 is 1.33 bits per heavy atom. The zero-order valence-electron chi connectivity index (χ0n) is 17.2. The second-order valence-corrected chi connectivity index (χ2v) is 8.02. The average molecular weight is 439 g/mol. The number of benzene rings is 1. The van der Waals surface area contributed by atoms with Crippen molar-refractivity contribution in [1.29, 1.82) is 0 Å². The predicted molar refractivity (Wildman–Crippen MR) is 109 cm³/mol. The van der Waals surface area contributed by atoms with Gasteiger partial charge in [-0.3, -0.25) is 19.2 Å². The second kappa shape index (κ2) is 10.9. The van der Waals surface area contributed by atoms with Gasteiger partial charge in [-0.2, -0.15) is 0 Å². The number of thioether (sulfide) groups is 1. The molecule has 0 radical (unpaired) electrons. The van der Waals surface area contributed by atoms with Gasteiger partial charge < -0.3 is 24.3 Å². The first-order valence-electron chi connectivity index (χ1n) is 9.29. The van der Waals surface area contributed by atoms with Crippen molar-refractivity contribution in [3.63, 3.8) is 0 Å². The summed E-state index contributed by atoms with van der Waals surface area (Å²) < 4.78 is 21.5. The number of carbonyl (C=O) groups excluding carboxylic acids is 4. The van der Waals surface area contributed by atoms with Crippen molar-refractivity contribution >= 4 is 41.3 Å². The zero-order chi connectivity index (χ0) is 22.3. The highest BCUT2D eigenvalue weighted by molar-refractivity contribution is 8.00. The monoisotopic (exact) mass is 439 g/mol. The maximum absolute atomic E-state index is 11.8. The molecule has 1 fully saturated rings. The molecule has 1 saturated heterocycles. The third-order valence-electron chi connectivity index (χ3n) is 4.07. The van der Waals surface area contributed by atoms with Gasteiger partial charge in [0.2, 0.25) is 0 Å². The summed E-state index contributed by atoms with van der Waals surface area (Å²) >= 11 is 1.27. The maximum Gasteiger partial charge on any atom is 0.303 e. The number of ether oxygens (including phenoxy) is 4. The van der Waals surface area contributed by atoms with Crippen LogP contribution in [0.4, 0.5) is 5.69 Å². The number of rotatable bonds is 7. The largest absolute Gasteiger partial charge is 0.465 e. The first-order valence-corrected chi connectivity index (χ1v) is 10.2. The number of nitrogens with one attached hydrogen (secondary N) is 1. The lowest BCUT2D eigenvalue weighted by Gasteiger charge is -2.44. The zero-order valence-corrected chi connectivity index (χ0v) is 18.0. The number of hydrogen-bond acceptors (Lipinski definition) is 10. The van der Waals surface area contributed by atoms with Crippen LogP contribution >= 0.6 is 11.8 Å². The summed E-state index contributed by atoms with van der Waals surface area (Å²) in [6.07, 6.45) is -3.05. The molecule has 30 heavy (non-hydrogen) atoms. The Morgan fingerprint density at radius 1 is 0.800 bits per heavy atom. The Kier molecular flexibility index (Phi) is 8.52. The van der Waals surface area contributed by atoms with Crippen LogP contribution in [0.15, 0.2) is 30.3 Å². The van der Waals surface area contributed by atoms with Crippen LogP contribution in [-0.2, 0) is 38.1 Å². The van der Waals surface area contributed by atoms with E-state index in [1.165, 1.54) is 39.5 Å². The smallest absolute Gasteiger partial charge is 0.303 e. The molecular weight excluding hydrogens is 414 g/mol. The molecule has 0 bridgehead atoms. The van der Waals surface area contributed by atoms with E-state index in [1.807, 2.05) is 30.3 Å². The second-order valence-electron chi connectivity index (χ2n) is 6.63. The molecule has 2 rings (SSSR count). The molecule has 1 heterocycles. The average Bonchev–Trinajstić information content (AvgIpc) is 2.64. The Bertz CT molecular complexity index is 771. The lowest BCUT2D eigenvalue weighted by atomic mass is 10.0. The molecule has 1 aliphatic heterocycles. The summed E-state index contributed by atoms with van der Waals surface area (Å²) in [7, 11) is 0. The highest BCUT2D eigenvalue weighted by Gasteiger charge is 2.51. The summed E-state index contributed by atoms with van der Waals surface area (Å²) in [5, 5.41) is 2.09. The van der Waals surface area contributed by atoms with Crippen molar-refractivity contribution in [2.24, 2.45) is 0 Å². The van der Waals surface area contributed by atoms with E-state index in [4.69, 9.17) is 18.9 Å². The van der Waals surface area contributed by atoms with E-state index in [2.05, 4.69) is 5.32 Å². The molecule has 0 amide bonds. The first kappa shape index (κ1) is 23.5. The normalized spacial score (nSPS) is 25.5. The third kappa shape index (κ3) is 6.94. The molecule has 5 atom stereocenters. The van der Waals surface area contributed by atoms with Gasteiger partial charge >= 0.3 is 23.9 Å². The van der Waals surface area contributed by atoms with Crippen LogP contribution in [0.25, 0.3) is 0 Å². The van der Waals surface area contributed by atoms with E-state index in [0.717, 1.165) is 5.69 Å². The number of esters is 4. The Morgan fingerprint density at radius 3 is 1.87 bits per heavy atom. The molecule has 1 aromatic rings. The van der Waals surface area contributed by atoms with Crippen molar-refractivity contribution in [3.05, 3.63) is 30.3 Å². The summed E-state index contributed by atoms with van der Waals surface area (Å²) in [5.41, 5.74) is 0.742. The number of anilines is 1. The molecule has 0 aromatic heterocycles. The Labute approximate surface area is 178 Å². The predicted octanol–water partition coefficient (Wildman–Crippen LogP) is 1.90. The lowest BCUT2D eigenvalue weighted by molar-refractivity contribution is -0.185. The van der Waals surface area contributed by atoms with Crippen LogP contribution in [0.5, 0.6) is 0 Å². The molecule has 10 heteroatoms. The highest BCUT2D eigenvalue weighted by Crippen LogP contribution is 2.38. The van der Waals surface area contributed by atoms with Gasteiger partial charge in [0.15, 0.2) is 18.3 Å². The van der Waals surface area contributed by atoms with E-state index >= 15 is 0 Å². The molecule has 0 spiro atoms. The van der Waals surface area contributed by atoms with Gasteiger partial charge in [-0.1, -0.05) is 18.2 Å². The van der Waals surface area contributed by atoms with Crippen LogP contribution in [0.2, 0.25) is 0 Å². The van der Waals surface area contributed by atoms with Crippen molar-refractivity contribution in [3.8, 4) is 0 Å². The third-order valence-corrected chi connectivity index (χ3v) is 5.51. The molecular formula is C20H25NO8S. The van der Waals surface area contributed by atoms with Gasteiger partial charge in [0, 0.05) is 33.4 Å². The molecule has 1 aliphatic rings. The minimum atomic E-state index is -1.10. The molecule has 1 N–H and O–H groups in total. The van der Waals surface area contributed by atoms with Crippen molar-refractivity contribution < 1.29 is 38.1 Å². The summed E-state index contributed by atoms with van der Waals surface area (Å²) in [5.74, 6) is -2.33. The van der Waals surface area contributed by atoms with Crippen molar-refractivity contribution in [2.75, 3.05) is 11.9 Å². The van der Waals surface area contributed by atoms with Gasteiger partial charge in [-0.25, -0.2) is 0 Å². The van der Waals surface area contributed by atoms with Crippen molar-refractivity contribution in [1.82, 2.24) is 0 Å². The van der Waals surface area contributed by atoms with Gasteiger partial charge in [-0.15, -0.1) is 11.8 Å². The van der Waals surface area contributed by atoms with Crippen LogP contribution in [-0.4, -0.2) is 59.4 Å². The Balaban J connectivity index is 2.42. The standard InChI is InChI=1S/C20H25NO8S/c1-11(22)26-10-16-17(27-12(2)23)18(28-13(3)24)19(29-14(4)25)20(30-16)21-15-8-6-5-7-9-15/h5-9,16-21H,10H2,1-4H3/t16-,17-,18+,19-,20+/m1/s1. The first-order chi connectivity index (χ1) is 14.2. The van der Waals surface area contributed by atoms with Crippen LogP contribution in [0.3, 0.4) is 0 Å². The number of hydrogen-bond donors (Lipinski definition) is 1. The van der Waals surface area contributed by atoms with Crippen LogP contribution in [0, 0.1) is 0 Å². The molecule has 0 aliphatic carbocycles. The Hall–Kier alpha value is -2.75. The molecule has 164 valence electrons. The number of para-hydroxylation sites is 1. The number of carbonyl (C=O) groups is 4. The fraction of sp³-hybridized carbons (Fsp3) is 0.500. The summed E-state index contributed by atoms with van der Waals surface area (Å²) in [6, 6.07) is 9.16. The fourth-order valence-electron chi connectivity index (χ4n) is 3.04. The van der Waals surface area contributed by atoms with E-state index in [0.29, 0.717) is 0 Å². The summed E-state index contributed by atoms with van der Waals surface area (Å²) in [6.45, 7) is 4.83. The fourth-order valence-corrected chi connectivity index (χ4v) is 4.50. The van der Waals surface area contributed by atoms with Gasteiger partial charge in [0.1, 0.15) is 12.0 Å².